The van der Waals surface area contributed by atoms with Gasteiger partial charge in [0, 0.05) is 18.7 Å². The monoisotopic (exact) mass is 228 g/mol. The van der Waals surface area contributed by atoms with Gasteiger partial charge in [-0.25, -0.2) is 8.78 Å². The second kappa shape index (κ2) is 5.92. The summed E-state index contributed by atoms with van der Waals surface area (Å²) in [4.78, 5) is 2.04. The minimum Gasteiger partial charge on any atom is -0.315 e. The Bertz CT molecular complexity index is 320. The van der Waals surface area contributed by atoms with E-state index in [9.17, 15) is 8.78 Å². The van der Waals surface area contributed by atoms with Crippen LogP contribution >= 0.6 is 0 Å². The molecule has 0 spiro atoms. The van der Waals surface area contributed by atoms with Crippen LogP contribution in [-0.2, 0) is 6.42 Å². The van der Waals surface area contributed by atoms with Gasteiger partial charge in [0.05, 0.1) is 0 Å². The van der Waals surface area contributed by atoms with Crippen molar-refractivity contribution in [1.29, 1.82) is 0 Å². The SMILES string of the molecule is CNC(Cc1cc(F)cc(F)c1)CN(C)C. The van der Waals surface area contributed by atoms with E-state index >= 15 is 0 Å². The molecule has 0 saturated carbocycles. The molecule has 16 heavy (non-hydrogen) atoms. The summed E-state index contributed by atoms with van der Waals surface area (Å²) in [6, 6.07) is 3.84. The van der Waals surface area contributed by atoms with Crippen molar-refractivity contribution in [2.75, 3.05) is 27.7 Å². The Kier molecular flexibility index (Phi) is 4.83. The Hall–Kier alpha value is -1.00. The van der Waals surface area contributed by atoms with Crippen LogP contribution in [0.3, 0.4) is 0 Å². The third kappa shape index (κ3) is 4.24. The average Bonchev–Trinajstić information content (AvgIpc) is 2.14. The molecule has 1 aromatic carbocycles. The first-order valence-corrected chi connectivity index (χ1v) is 5.28. The molecular weight excluding hydrogens is 210 g/mol. The summed E-state index contributed by atoms with van der Waals surface area (Å²) in [6.45, 7) is 0.828. The zero-order valence-corrected chi connectivity index (χ0v) is 9.93. The maximum Gasteiger partial charge on any atom is 0.126 e. The van der Waals surface area contributed by atoms with Crippen LogP contribution in [0.15, 0.2) is 18.2 Å². The molecule has 1 rings (SSSR count). The molecule has 0 aliphatic carbocycles. The van der Waals surface area contributed by atoms with Gasteiger partial charge in [0.2, 0.25) is 0 Å². The van der Waals surface area contributed by atoms with E-state index < -0.39 is 11.6 Å². The highest BCUT2D eigenvalue weighted by Crippen LogP contribution is 2.10. The van der Waals surface area contributed by atoms with Crippen molar-refractivity contribution in [2.24, 2.45) is 0 Å². The normalized spacial score (nSPS) is 13.1. The smallest absolute Gasteiger partial charge is 0.126 e. The van der Waals surface area contributed by atoms with Crippen LogP contribution in [0.25, 0.3) is 0 Å². The largest absolute Gasteiger partial charge is 0.315 e. The standard InChI is InChI=1S/C12H18F2N2/c1-15-12(8-16(2)3)6-9-4-10(13)7-11(14)5-9/h4-5,7,12,15H,6,8H2,1-3H3. The van der Waals surface area contributed by atoms with E-state index in [1.54, 1.807) is 0 Å². The fourth-order valence-corrected chi connectivity index (χ4v) is 1.71. The quantitative estimate of drug-likeness (QED) is 0.824. The van der Waals surface area contributed by atoms with Gasteiger partial charge in [-0.2, -0.15) is 0 Å². The first-order valence-electron chi connectivity index (χ1n) is 5.28. The van der Waals surface area contributed by atoms with Crippen molar-refractivity contribution in [1.82, 2.24) is 10.2 Å². The molecule has 0 fully saturated rings. The molecule has 1 aromatic rings. The fourth-order valence-electron chi connectivity index (χ4n) is 1.71. The molecule has 0 aliphatic rings. The van der Waals surface area contributed by atoms with Crippen LogP contribution in [0, 0.1) is 11.6 Å². The molecule has 0 aliphatic heterocycles. The lowest BCUT2D eigenvalue weighted by atomic mass is 10.1. The lowest BCUT2D eigenvalue weighted by Crippen LogP contribution is -2.37. The van der Waals surface area contributed by atoms with E-state index in [1.165, 1.54) is 12.1 Å². The molecule has 1 unspecified atom stereocenters. The van der Waals surface area contributed by atoms with Gasteiger partial charge in [0.15, 0.2) is 0 Å². The summed E-state index contributed by atoms with van der Waals surface area (Å²) in [5, 5.41) is 3.13. The Labute approximate surface area is 95.3 Å². The van der Waals surface area contributed by atoms with Crippen molar-refractivity contribution >= 4 is 0 Å². The van der Waals surface area contributed by atoms with Crippen molar-refractivity contribution in [3.63, 3.8) is 0 Å². The fraction of sp³-hybridized carbons (Fsp3) is 0.500. The van der Waals surface area contributed by atoms with Crippen LogP contribution < -0.4 is 5.32 Å². The highest BCUT2D eigenvalue weighted by Gasteiger charge is 2.10. The zero-order chi connectivity index (χ0) is 12.1. The number of nitrogens with one attached hydrogen (secondary N) is 1. The molecule has 2 nitrogen and oxygen atoms in total. The molecule has 1 atom stereocenters. The highest BCUT2D eigenvalue weighted by atomic mass is 19.1. The Morgan fingerprint density at radius 1 is 1.19 bits per heavy atom. The summed E-state index contributed by atoms with van der Waals surface area (Å²) in [6.07, 6.45) is 0.614. The summed E-state index contributed by atoms with van der Waals surface area (Å²) >= 11 is 0. The van der Waals surface area contributed by atoms with Gasteiger partial charge in [-0.15, -0.1) is 0 Å². The predicted molar refractivity (Wildman–Crippen MR) is 61.5 cm³/mol. The third-order valence-electron chi connectivity index (χ3n) is 2.40. The number of hydrogen-bond acceptors (Lipinski definition) is 2. The van der Waals surface area contributed by atoms with Crippen LogP contribution in [0.5, 0.6) is 0 Å². The number of rotatable bonds is 5. The second-order valence-corrected chi connectivity index (χ2v) is 4.23. The molecule has 1 N–H and O–H groups in total. The third-order valence-corrected chi connectivity index (χ3v) is 2.40. The number of halogens is 2. The van der Waals surface area contributed by atoms with E-state index in [1.807, 2.05) is 26.0 Å². The maximum absolute atomic E-state index is 13.0. The van der Waals surface area contributed by atoms with E-state index in [0.717, 1.165) is 12.6 Å². The lowest BCUT2D eigenvalue weighted by Gasteiger charge is -2.20. The van der Waals surface area contributed by atoms with Crippen LogP contribution in [-0.4, -0.2) is 38.6 Å². The number of nitrogens with zero attached hydrogens (tertiary/aromatic N) is 1. The van der Waals surface area contributed by atoms with Crippen LogP contribution in [0.1, 0.15) is 5.56 Å². The Morgan fingerprint density at radius 3 is 2.19 bits per heavy atom. The first kappa shape index (κ1) is 13.1. The van der Waals surface area contributed by atoms with Crippen LogP contribution in [0.4, 0.5) is 8.78 Å². The van der Waals surface area contributed by atoms with Gasteiger partial charge in [-0.05, 0) is 45.3 Å². The molecule has 4 heteroatoms. The summed E-state index contributed by atoms with van der Waals surface area (Å²) < 4.78 is 25.9. The molecule has 0 amide bonds. The second-order valence-electron chi connectivity index (χ2n) is 4.23. The van der Waals surface area contributed by atoms with Crippen LogP contribution in [0.2, 0.25) is 0 Å². The highest BCUT2D eigenvalue weighted by molar-refractivity contribution is 5.19. The van der Waals surface area contributed by atoms with Gasteiger partial charge in [-0.3, -0.25) is 0 Å². The molecule has 0 heterocycles. The first-order chi connectivity index (χ1) is 7.51. The summed E-state index contributed by atoms with van der Waals surface area (Å²) in [5.41, 5.74) is 0.679. The van der Waals surface area contributed by atoms with Gasteiger partial charge in [0.25, 0.3) is 0 Å². The van der Waals surface area contributed by atoms with Crippen molar-refractivity contribution in [3.8, 4) is 0 Å². The molecule has 90 valence electrons. The molecule has 0 bridgehead atoms. The summed E-state index contributed by atoms with van der Waals surface area (Å²) in [7, 11) is 5.79. The molecule has 0 saturated heterocycles. The van der Waals surface area contributed by atoms with Gasteiger partial charge in [0.1, 0.15) is 11.6 Å². The molecular formula is C12H18F2N2. The van der Waals surface area contributed by atoms with Gasteiger partial charge in [-0.1, -0.05) is 0 Å². The van der Waals surface area contributed by atoms with E-state index in [4.69, 9.17) is 0 Å². The number of likely N-dealkylation sites (N-methyl/N-ethyl adjacent to an activating group) is 2. The Morgan fingerprint density at radius 2 is 1.75 bits per heavy atom. The maximum atomic E-state index is 13.0. The predicted octanol–water partition coefficient (Wildman–Crippen LogP) is 1.66. The van der Waals surface area contributed by atoms with Gasteiger partial charge >= 0.3 is 0 Å². The number of hydrogen-bond donors (Lipinski definition) is 1. The summed E-state index contributed by atoms with van der Waals surface area (Å²) in [5.74, 6) is -1.04. The lowest BCUT2D eigenvalue weighted by molar-refractivity contribution is 0.346. The van der Waals surface area contributed by atoms with E-state index in [0.29, 0.717) is 12.0 Å². The molecule has 0 aromatic heterocycles. The van der Waals surface area contributed by atoms with Crippen molar-refractivity contribution < 1.29 is 8.78 Å². The number of benzene rings is 1. The topological polar surface area (TPSA) is 15.3 Å². The minimum atomic E-state index is -0.519. The molecule has 0 radical (unpaired) electrons. The van der Waals surface area contributed by atoms with Crippen molar-refractivity contribution in [2.45, 2.75) is 12.5 Å². The van der Waals surface area contributed by atoms with Crippen molar-refractivity contribution in [3.05, 3.63) is 35.4 Å². The van der Waals surface area contributed by atoms with E-state index in [-0.39, 0.29) is 6.04 Å². The zero-order valence-electron chi connectivity index (χ0n) is 9.93. The minimum absolute atomic E-state index is 0.191. The van der Waals surface area contributed by atoms with Gasteiger partial charge < -0.3 is 10.2 Å². The Balaban J connectivity index is 2.69. The van der Waals surface area contributed by atoms with E-state index in [2.05, 4.69) is 5.32 Å². The average molecular weight is 228 g/mol.